The van der Waals surface area contributed by atoms with Crippen LogP contribution in [0.4, 0.5) is 11.4 Å². The summed E-state index contributed by atoms with van der Waals surface area (Å²) in [7, 11) is 0. The van der Waals surface area contributed by atoms with E-state index in [9.17, 15) is 14.9 Å². The number of carbonyl (C=O) groups excluding carboxylic acids is 1. The summed E-state index contributed by atoms with van der Waals surface area (Å²) in [5, 5.41) is 18.5. The molecule has 4 aromatic rings. The lowest BCUT2D eigenvalue weighted by Gasteiger charge is -2.11. The molecule has 4 rings (SSSR count). The van der Waals surface area contributed by atoms with Crippen LogP contribution in [0.2, 0.25) is 0 Å². The molecule has 1 heterocycles. The number of aromatic nitrogens is 2. The summed E-state index contributed by atoms with van der Waals surface area (Å²) in [5.74, 6) is -0.272. The van der Waals surface area contributed by atoms with Crippen LogP contribution in [-0.4, -0.2) is 20.6 Å². The van der Waals surface area contributed by atoms with Crippen LogP contribution in [0.25, 0.3) is 16.9 Å². The van der Waals surface area contributed by atoms with Crippen molar-refractivity contribution in [2.24, 2.45) is 0 Å². The van der Waals surface area contributed by atoms with E-state index < -0.39 is 4.92 Å². The van der Waals surface area contributed by atoms with Crippen LogP contribution in [0.1, 0.15) is 16.1 Å². The van der Waals surface area contributed by atoms with Crippen LogP contribution in [0.3, 0.4) is 0 Å². The van der Waals surface area contributed by atoms with E-state index in [2.05, 4.69) is 10.4 Å². The quantitative estimate of drug-likeness (QED) is 0.378. The number of hydrogen-bond donors (Lipinski definition) is 1. The molecule has 7 nitrogen and oxygen atoms in total. The van der Waals surface area contributed by atoms with Crippen LogP contribution in [-0.2, 0) is 0 Å². The highest BCUT2D eigenvalue weighted by Gasteiger charge is 2.24. The zero-order valence-corrected chi connectivity index (χ0v) is 16.1. The van der Waals surface area contributed by atoms with Crippen LogP contribution >= 0.6 is 0 Å². The number of amides is 1. The molecule has 0 atom stereocenters. The van der Waals surface area contributed by atoms with Crippen molar-refractivity contribution in [3.8, 4) is 16.9 Å². The van der Waals surface area contributed by atoms with Crippen molar-refractivity contribution >= 4 is 17.3 Å². The van der Waals surface area contributed by atoms with E-state index in [0.717, 1.165) is 5.56 Å². The van der Waals surface area contributed by atoms with Gasteiger partial charge < -0.3 is 5.32 Å². The molecule has 1 N–H and O–H groups in total. The van der Waals surface area contributed by atoms with Gasteiger partial charge in [-0.3, -0.25) is 14.9 Å². The first-order valence-electron chi connectivity index (χ1n) is 9.31. The molecule has 0 spiro atoms. The molecule has 7 heteroatoms. The van der Waals surface area contributed by atoms with E-state index in [4.69, 9.17) is 0 Å². The monoisotopic (exact) mass is 398 g/mol. The van der Waals surface area contributed by atoms with Gasteiger partial charge in [0.1, 0.15) is 0 Å². The minimum atomic E-state index is -0.449. The van der Waals surface area contributed by atoms with Crippen LogP contribution < -0.4 is 5.32 Å². The third-order valence-electron chi connectivity index (χ3n) is 4.67. The average molecular weight is 398 g/mol. The van der Waals surface area contributed by atoms with E-state index in [1.807, 2.05) is 60.7 Å². The maximum Gasteiger partial charge on any atom is 0.269 e. The minimum absolute atomic E-state index is 0.00840. The van der Waals surface area contributed by atoms with Crippen molar-refractivity contribution in [3.05, 3.63) is 106 Å². The third kappa shape index (κ3) is 3.68. The van der Waals surface area contributed by atoms with Gasteiger partial charge in [-0.1, -0.05) is 48.5 Å². The molecule has 3 aromatic carbocycles. The lowest BCUT2D eigenvalue weighted by molar-refractivity contribution is -0.384. The predicted octanol–water partition coefficient (Wildman–Crippen LogP) is 5.01. The molecule has 0 radical (unpaired) electrons. The predicted molar refractivity (Wildman–Crippen MR) is 115 cm³/mol. The Morgan fingerprint density at radius 3 is 2.13 bits per heavy atom. The third-order valence-corrected chi connectivity index (χ3v) is 4.67. The summed E-state index contributed by atoms with van der Waals surface area (Å²) in [6, 6.07) is 24.8. The van der Waals surface area contributed by atoms with Gasteiger partial charge >= 0.3 is 0 Å². The lowest BCUT2D eigenvalue weighted by atomic mass is 10.0. The summed E-state index contributed by atoms with van der Waals surface area (Å²) in [6.07, 6.45) is 0. The second kappa shape index (κ2) is 8.00. The molecule has 0 aliphatic heterocycles. The molecule has 0 unspecified atom stereocenters. The molecule has 0 saturated heterocycles. The molecular weight excluding hydrogens is 380 g/mol. The van der Waals surface area contributed by atoms with Crippen LogP contribution in [0.5, 0.6) is 0 Å². The molecule has 0 fully saturated rings. The fourth-order valence-corrected chi connectivity index (χ4v) is 3.28. The first kappa shape index (κ1) is 19.1. The van der Waals surface area contributed by atoms with Crippen molar-refractivity contribution in [3.63, 3.8) is 0 Å². The Hall–Kier alpha value is -4.26. The zero-order valence-electron chi connectivity index (χ0n) is 16.1. The molecule has 30 heavy (non-hydrogen) atoms. The molecule has 0 saturated carbocycles. The topological polar surface area (TPSA) is 90.1 Å². The molecule has 1 aromatic heterocycles. The number of non-ortho nitro benzene ring substituents is 1. The zero-order chi connectivity index (χ0) is 21.1. The van der Waals surface area contributed by atoms with Crippen molar-refractivity contribution in [1.29, 1.82) is 0 Å². The maximum atomic E-state index is 13.2. The summed E-state index contributed by atoms with van der Waals surface area (Å²) in [6.45, 7) is 1.77. The fourth-order valence-electron chi connectivity index (χ4n) is 3.28. The average Bonchev–Trinajstić information content (AvgIpc) is 3.12. The number of nitrogens with zero attached hydrogens (tertiary/aromatic N) is 3. The first-order chi connectivity index (χ1) is 14.5. The first-order valence-corrected chi connectivity index (χ1v) is 9.31. The Labute approximate surface area is 172 Å². The van der Waals surface area contributed by atoms with Crippen molar-refractivity contribution in [2.45, 2.75) is 6.92 Å². The summed E-state index contributed by atoms with van der Waals surface area (Å²) < 4.78 is 1.65. The second-order valence-corrected chi connectivity index (χ2v) is 6.68. The molecule has 1 amide bonds. The molecule has 0 aliphatic rings. The van der Waals surface area contributed by atoms with Gasteiger partial charge in [-0.15, -0.1) is 0 Å². The maximum absolute atomic E-state index is 13.2. The highest BCUT2D eigenvalue weighted by Crippen LogP contribution is 2.30. The smallest absolute Gasteiger partial charge is 0.269 e. The highest BCUT2D eigenvalue weighted by molar-refractivity contribution is 6.09. The van der Waals surface area contributed by atoms with Gasteiger partial charge in [0, 0.05) is 23.4 Å². The standard InChI is InChI=1S/C23H18N4O3/c1-16-21(23(28)24-18-10-6-3-7-11-18)22(17-8-4-2-5-9-17)26(25-16)19-12-14-20(15-13-19)27(29)30/h2-15H,1H3,(H,24,28). The number of rotatable bonds is 5. The number of benzene rings is 3. The largest absolute Gasteiger partial charge is 0.322 e. The molecule has 0 aliphatic carbocycles. The highest BCUT2D eigenvalue weighted by atomic mass is 16.6. The van der Waals surface area contributed by atoms with E-state index in [0.29, 0.717) is 28.3 Å². The van der Waals surface area contributed by atoms with Crippen LogP contribution in [0.15, 0.2) is 84.9 Å². The van der Waals surface area contributed by atoms with Gasteiger partial charge in [0.25, 0.3) is 11.6 Å². The summed E-state index contributed by atoms with van der Waals surface area (Å²) in [5.41, 5.74) is 3.74. The van der Waals surface area contributed by atoms with Crippen molar-refractivity contribution < 1.29 is 9.72 Å². The number of hydrogen-bond acceptors (Lipinski definition) is 4. The Balaban J connectivity index is 1.84. The number of para-hydroxylation sites is 1. The number of carbonyl (C=O) groups is 1. The number of anilines is 1. The van der Waals surface area contributed by atoms with E-state index in [-0.39, 0.29) is 11.6 Å². The molecule has 0 bridgehead atoms. The minimum Gasteiger partial charge on any atom is -0.322 e. The SMILES string of the molecule is Cc1nn(-c2ccc([N+](=O)[O-])cc2)c(-c2ccccc2)c1C(=O)Nc1ccccc1. The number of nitro groups is 1. The van der Waals surface area contributed by atoms with E-state index in [1.165, 1.54) is 12.1 Å². The van der Waals surface area contributed by atoms with Crippen LogP contribution in [0, 0.1) is 17.0 Å². The Kier molecular flexibility index (Phi) is 5.09. The molecule has 148 valence electrons. The van der Waals surface area contributed by atoms with Crippen molar-refractivity contribution in [2.75, 3.05) is 5.32 Å². The Bertz CT molecular complexity index is 1200. The number of nitro benzene ring substituents is 1. The number of aryl methyl sites for hydroxylation is 1. The number of nitrogens with one attached hydrogen (secondary N) is 1. The van der Waals surface area contributed by atoms with Gasteiger partial charge in [0.05, 0.1) is 27.6 Å². The van der Waals surface area contributed by atoms with Gasteiger partial charge in [0.15, 0.2) is 0 Å². The fraction of sp³-hybridized carbons (Fsp3) is 0.0435. The molecular formula is C23H18N4O3. The summed E-state index contributed by atoms with van der Waals surface area (Å²) >= 11 is 0. The van der Waals surface area contributed by atoms with E-state index >= 15 is 0 Å². The Morgan fingerprint density at radius 2 is 1.53 bits per heavy atom. The van der Waals surface area contributed by atoms with Crippen molar-refractivity contribution in [1.82, 2.24) is 9.78 Å². The Morgan fingerprint density at radius 1 is 0.933 bits per heavy atom. The second-order valence-electron chi connectivity index (χ2n) is 6.68. The lowest BCUT2D eigenvalue weighted by Crippen LogP contribution is -2.14. The van der Waals surface area contributed by atoms with Gasteiger partial charge in [-0.05, 0) is 31.2 Å². The van der Waals surface area contributed by atoms with E-state index in [1.54, 1.807) is 23.7 Å². The summed E-state index contributed by atoms with van der Waals surface area (Å²) in [4.78, 5) is 23.7. The van der Waals surface area contributed by atoms with Gasteiger partial charge in [-0.2, -0.15) is 5.10 Å². The van der Waals surface area contributed by atoms with Gasteiger partial charge in [-0.25, -0.2) is 4.68 Å². The van der Waals surface area contributed by atoms with Gasteiger partial charge in [0.2, 0.25) is 0 Å². The normalized spacial score (nSPS) is 10.6.